The number of fused-ring (bicyclic) bond motifs is 2. The van der Waals surface area contributed by atoms with Crippen molar-refractivity contribution in [3.05, 3.63) is 93.9 Å². The van der Waals surface area contributed by atoms with E-state index >= 15 is 4.39 Å². The Morgan fingerprint density at radius 1 is 1.07 bits per heavy atom. The van der Waals surface area contributed by atoms with Gasteiger partial charge in [-0.2, -0.15) is 5.10 Å². The van der Waals surface area contributed by atoms with Crippen molar-refractivity contribution < 1.29 is 23.4 Å². The van der Waals surface area contributed by atoms with Gasteiger partial charge in [0.2, 0.25) is 0 Å². The molecule has 1 aliphatic heterocycles. The summed E-state index contributed by atoms with van der Waals surface area (Å²) in [5, 5.41) is 5.73. The van der Waals surface area contributed by atoms with Gasteiger partial charge in [-0.15, -0.1) is 0 Å². The maximum Gasteiger partial charge on any atom is 0.339 e. The van der Waals surface area contributed by atoms with Crippen LogP contribution in [0.1, 0.15) is 55.7 Å². The summed E-state index contributed by atoms with van der Waals surface area (Å²) in [6.07, 6.45) is 0.261. The average Bonchev–Trinajstić information content (AvgIpc) is 3.40. The molecule has 1 aliphatic rings. The van der Waals surface area contributed by atoms with Gasteiger partial charge in [-0.05, 0) is 76.8 Å². The predicted octanol–water partition coefficient (Wildman–Crippen LogP) is 8.49. The first-order valence-corrected chi connectivity index (χ1v) is 15.3. The first-order valence-electron chi connectivity index (χ1n) is 14.9. The molecule has 0 bridgehead atoms. The summed E-state index contributed by atoms with van der Waals surface area (Å²) >= 11 is 6.49. The van der Waals surface area contributed by atoms with E-state index in [0.29, 0.717) is 51.9 Å². The van der Waals surface area contributed by atoms with Gasteiger partial charge in [0.25, 0.3) is 0 Å². The molecule has 0 radical (unpaired) electrons. The molecule has 232 valence electrons. The number of aryl methyl sites for hydroxylation is 1. The highest BCUT2D eigenvalue weighted by Gasteiger charge is 2.36. The van der Waals surface area contributed by atoms with Crippen LogP contribution in [0.25, 0.3) is 39.3 Å². The van der Waals surface area contributed by atoms with Crippen LogP contribution >= 0.6 is 11.6 Å². The summed E-state index contributed by atoms with van der Waals surface area (Å²) in [4.78, 5) is 18.6. The van der Waals surface area contributed by atoms with Gasteiger partial charge in [0, 0.05) is 33.0 Å². The lowest BCUT2D eigenvalue weighted by Gasteiger charge is -2.29. The molecule has 0 saturated carbocycles. The molecule has 3 heterocycles. The van der Waals surface area contributed by atoms with Crippen LogP contribution in [-0.4, -0.2) is 39.9 Å². The van der Waals surface area contributed by atoms with Crippen molar-refractivity contribution in [2.45, 2.75) is 59.2 Å². The lowest BCUT2D eigenvalue weighted by atomic mass is 9.90. The molecule has 9 heteroatoms. The zero-order chi connectivity index (χ0) is 32.0. The molecule has 2 aromatic heterocycles. The predicted molar refractivity (Wildman–Crippen MR) is 173 cm³/mol. The summed E-state index contributed by atoms with van der Waals surface area (Å²) in [5.74, 6) is -0.803. The van der Waals surface area contributed by atoms with E-state index in [1.807, 2.05) is 89.2 Å². The fourth-order valence-electron chi connectivity index (χ4n) is 6.04. The van der Waals surface area contributed by atoms with Gasteiger partial charge in [0.15, 0.2) is 23.3 Å². The van der Waals surface area contributed by atoms with Crippen LogP contribution in [0.2, 0.25) is 5.02 Å². The summed E-state index contributed by atoms with van der Waals surface area (Å²) in [5.41, 5.74) is 6.55. The Labute approximate surface area is 266 Å². The largest absolute Gasteiger partial charge is 0.490 e. The van der Waals surface area contributed by atoms with E-state index in [-0.39, 0.29) is 5.75 Å². The number of aromatic nitrogens is 3. The number of ether oxygens (including phenoxy) is 3. The van der Waals surface area contributed by atoms with Gasteiger partial charge >= 0.3 is 5.97 Å². The third-order valence-electron chi connectivity index (χ3n) is 7.99. The van der Waals surface area contributed by atoms with Crippen LogP contribution in [0.4, 0.5) is 4.39 Å². The smallest absolute Gasteiger partial charge is 0.339 e. The van der Waals surface area contributed by atoms with E-state index in [9.17, 15) is 4.79 Å². The second-order valence-corrected chi connectivity index (χ2v) is 12.7. The summed E-state index contributed by atoms with van der Waals surface area (Å²) in [6.45, 7) is 9.83. The molecule has 0 spiro atoms. The SMILES string of the molecule is COC(=O)C(OC(C)(C)C)c1c(C)nc2c(-c3cccc(Cl)c3)c(-c3ccccc3)nn2c1-c1cc(F)c2c(c1C)CCCO2. The minimum atomic E-state index is -1.17. The zero-order valence-electron chi connectivity index (χ0n) is 26.2. The van der Waals surface area contributed by atoms with E-state index < -0.39 is 23.5 Å². The van der Waals surface area contributed by atoms with E-state index in [0.717, 1.165) is 34.2 Å². The molecule has 45 heavy (non-hydrogen) atoms. The number of carbonyl (C=O) groups excluding carboxylic acids is 1. The molecule has 3 aromatic carbocycles. The first-order chi connectivity index (χ1) is 21.5. The number of hydrogen-bond acceptors (Lipinski definition) is 6. The average molecular weight is 628 g/mol. The molecule has 0 aliphatic carbocycles. The highest BCUT2D eigenvalue weighted by Crippen LogP contribution is 2.44. The van der Waals surface area contributed by atoms with Gasteiger partial charge < -0.3 is 14.2 Å². The lowest BCUT2D eigenvalue weighted by molar-refractivity contribution is -0.164. The van der Waals surface area contributed by atoms with Crippen molar-refractivity contribution >= 4 is 23.2 Å². The van der Waals surface area contributed by atoms with Gasteiger partial charge in [-0.25, -0.2) is 18.7 Å². The molecule has 1 unspecified atom stereocenters. The molecule has 6 rings (SSSR count). The standard InChI is InChI=1S/C36H35ClFN3O4/c1-20-25-16-11-17-44-32(25)27(38)19-26(20)31-28(33(35(42)43-6)45-36(3,4)5)21(2)39-34-29(23-14-10-15-24(37)18-23)30(40-41(31)34)22-12-8-7-9-13-22/h7-10,12-15,18-19,33H,11,16-17H2,1-6H3. The molecular weight excluding hydrogens is 593 g/mol. The highest BCUT2D eigenvalue weighted by molar-refractivity contribution is 6.31. The second-order valence-electron chi connectivity index (χ2n) is 12.2. The Hall–Kier alpha value is -4.27. The third-order valence-corrected chi connectivity index (χ3v) is 8.23. The quantitative estimate of drug-likeness (QED) is 0.176. The van der Waals surface area contributed by atoms with E-state index in [1.54, 1.807) is 4.52 Å². The topological polar surface area (TPSA) is 75.0 Å². The van der Waals surface area contributed by atoms with E-state index in [2.05, 4.69) is 0 Å². The van der Waals surface area contributed by atoms with Crippen LogP contribution < -0.4 is 4.74 Å². The minimum Gasteiger partial charge on any atom is -0.490 e. The van der Waals surface area contributed by atoms with E-state index in [4.69, 9.17) is 35.9 Å². The number of halogens is 2. The number of hydrogen-bond donors (Lipinski definition) is 0. The van der Waals surface area contributed by atoms with Crippen molar-refractivity contribution in [2.75, 3.05) is 13.7 Å². The van der Waals surface area contributed by atoms with Gasteiger partial charge in [0.1, 0.15) is 5.69 Å². The molecule has 0 N–H and O–H groups in total. The maximum atomic E-state index is 15.9. The zero-order valence-corrected chi connectivity index (χ0v) is 27.0. The molecule has 1 atom stereocenters. The molecule has 7 nitrogen and oxygen atoms in total. The van der Waals surface area contributed by atoms with Crippen molar-refractivity contribution in [3.8, 4) is 39.4 Å². The number of rotatable bonds is 6. The number of benzene rings is 3. The van der Waals surface area contributed by atoms with Crippen molar-refractivity contribution in [2.24, 2.45) is 0 Å². The normalized spacial score (nSPS) is 13.8. The van der Waals surface area contributed by atoms with Gasteiger partial charge in [-0.1, -0.05) is 54.1 Å². The van der Waals surface area contributed by atoms with E-state index in [1.165, 1.54) is 13.2 Å². The molecular formula is C36H35ClFN3O4. The Bertz CT molecular complexity index is 1930. The van der Waals surface area contributed by atoms with Crippen LogP contribution in [0.5, 0.6) is 5.75 Å². The molecule has 0 saturated heterocycles. The number of carbonyl (C=O) groups is 1. The Morgan fingerprint density at radius 3 is 2.49 bits per heavy atom. The number of esters is 1. The van der Waals surface area contributed by atoms with Crippen LogP contribution in [0.3, 0.4) is 0 Å². The van der Waals surface area contributed by atoms with Gasteiger partial charge in [0.05, 0.1) is 30.6 Å². The monoisotopic (exact) mass is 627 g/mol. The fraction of sp³-hybridized carbons (Fsp3) is 0.306. The molecule has 0 amide bonds. The first kappa shape index (κ1) is 30.7. The van der Waals surface area contributed by atoms with Crippen LogP contribution in [0.15, 0.2) is 60.7 Å². The second kappa shape index (κ2) is 11.9. The van der Waals surface area contributed by atoms with Crippen molar-refractivity contribution in [1.29, 1.82) is 0 Å². The Balaban J connectivity index is 1.79. The summed E-state index contributed by atoms with van der Waals surface area (Å²) < 4.78 is 35.0. The third kappa shape index (κ3) is 5.69. The van der Waals surface area contributed by atoms with Gasteiger partial charge in [-0.3, -0.25) is 0 Å². The van der Waals surface area contributed by atoms with Crippen molar-refractivity contribution in [3.63, 3.8) is 0 Å². The van der Waals surface area contributed by atoms with Crippen LogP contribution in [0, 0.1) is 19.7 Å². The maximum absolute atomic E-state index is 15.9. The number of methoxy groups -OCH3 is 1. The van der Waals surface area contributed by atoms with Crippen molar-refractivity contribution in [1.82, 2.24) is 14.6 Å². The molecule has 5 aromatic rings. The minimum absolute atomic E-state index is 0.270. The van der Waals surface area contributed by atoms with Crippen LogP contribution in [-0.2, 0) is 20.7 Å². The Kier molecular flexibility index (Phi) is 8.14. The lowest BCUT2D eigenvalue weighted by Crippen LogP contribution is -2.30. The fourth-order valence-corrected chi connectivity index (χ4v) is 6.23. The Morgan fingerprint density at radius 2 is 1.80 bits per heavy atom. The summed E-state index contributed by atoms with van der Waals surface area (Å²) in [6, 6.07) is 18.8. The number of nitrogens with zero attached hydrogens (tertiary/aromatic N) is 3. The highest BCUT2D eigenvalue weighted by atomic mass is 35.5. The molecule has 0 fully saturated rings. The summed E-state index contributed by atoms with van der Waals surface area (Å²) in [7, 11) is 1.32.